The quantitative estimate of drug-likeness (QED) is 0.566. The molecule has 0 aliphatic rings. The Morgan fingerprint density at radius 3 is 2.73 bits per heavy atom. The lowest BCUT2D eigenvalue weighted by Gasteiger charge is -2.11. The fourth-order valence-electron chi connectivity index (χ4n) is 2.21. The van der Waals surface area contributed by atoms with Gasteiger partial charge in [0, 0.05) is 12.5 Å². The summed E-state index contributed by atoms with van der Waals surface area (Å²) in [6.45, 7) is 0.389. The summed E-state index contributed by atoms with van der Waals surface area (Å²) < 4.78 is 18.4. The van der Waals surface area contributed by atoms with Crippen LogP contribution in [-0.2, 0) is 4.79 Å². The molecule has 0 radical (unpaired) electrons. The van der Waals surface area contributed by atoms with Crippen molar-refractivity contribution >= 4 is 17.5 Å². The summed E-state index contributed by atoms with van der Waals surface area (Å²) in [6.07, 6.45) is 5.78. The highest BCUT2D eigenvalue weighted by Gasteiger charge is 2.12. The summed E-state index contributed by atoms with van der Waals surface area (Å²) in [6, 6.07) is 12.5. The molecule has 0 fully saturated rings. The topological polar surface area (TPSA) is 67.4 Å². The average molecular weight is 354 g/mol. The van der Waals surface area contributed by atoms with Crippen LogP contribution in [0.4, 0.5) is 10.1 Å². The zero-order valence-electron chi connectivity index (χ0n) is 14.1. The van der Waals surface area contributed by atoms with Crippen LogP contribution in [0.3, 0.4) is 0 Å². The van der Waals surface area contributed by atoms with E-state index in [4.69, 9.17) is 11.2 Å². The van der Waals surface area contributed by atoms with E-state index in [1.807, 2.05) is 0 Å². The molecular weight excluding hydrogens is 335 g/mol. The maximum absolute atomic E-state index is 13.0. The predicted octanol–water partition coefficient (Wildman–Crippen LogP) is 2.99. The van der Waals surface area contributed by atoms with Gasteiger partial charge in [0.05, 0.1) is 24.4 Å². The van der Waals surface area contributed by atoms with Crippen molar-refractivity contribution in [2.45, 2.75) is 12.8 Å². The largest absolute Gasteiger partial charge is 0.493 e. The zero-order chi connectivity index (χ0) is 18.8. The fraction of sp³-hybridized carbons (Fsp3) is 0.200. The van der Waals surface area contributed by atoms with Crippen molar-refractivity contribution in [2.24, 2.45) is 0 Å². The van der Waals surface area contributed by atoms with Crippen molar-refractivity contribution < 1.29 is 18.7 Å². The number of hydrogen-bond donors (Lipinski definition) is 2. The van der Waals surface area contributed by atoms with Gasteiger partial charge in [-0.2, -0.15) is 0 Å². The Hall–Kier alpha value is -3.33. The molecule has 0 heterocycles. The molecule has 6 heteroatoms. The third-order valence-corrected chi connectivity index (χ3v) is 3.41. The minimum Gasteiger partial charge on any atom is -0.493 e. The summed E-state index contributed by atoms with van der Waals surface area (Å²) in [4.78, 5) is 24.1. The van der Waals surface area contributed by atoms with Gasteiger partial charge in [-0.1, -0.05) is 24.1 Å². The first-order chi connectivity index (χ1) is 12.6. The van der Waals surface area contributed by atoms with Gasteiger partial charge in [0.1, 0.15) is 11.6 Å². The fourth-order valence-corrected chi connectivity index (χ4v) is 2.21. The smallest absolute Gasteiger partial charge is 0.254 e. The minimum absolute atomic E-state index is 0.110. The Labute approximate surface area is 151 Å². The Balaban J connectivity index is 1.82. The second-order valence-electron chi connectivity index (χ2n) is 5.39. The van der Waals surface area contributed by atoms with E-state index in [-0.39, 0.29) is 37.2 Å². The second-order valence-corrected chi connectivity index (χ2v) is 5.39. The van der Waals surface area contributed by atoms with Gasteiger partial charge < -0.3 is 15.4 Å². The van der Waals surface area contributed by atoms with E-state index in [1.165, 1.54) is 12.1 Å². The van der Waals surface area contributed by atoms with E-state index in [9.17, 15) is 14.0 Å². The van der Waals surface area contributed by atoms with Crippen LogP contribution in [0.2, 0.25) is 0 Å². The molecule has 0 unspecified atom stereocenters. The molecule has 0 aliphatic carbocycles. The van der Waals surface area contributed by atoms with Gasteiger partial charge in [-0.25, -0.2) is 4.39 Å². The van der Waals surface area contributed by atoms with Crippen LogP contribution >= 0.6 is 0 Å². The molecule has 0 atom stereocenters. The maximum atomic E-state index is 13.0. The number of terminal acetylenes is 1. The van der Waals surface area contributed by atoms with Gasteiger partial charge >= 0.3 is 0 Å². The standard InChI is InChI=1S/C20H19FN2O3/c1-2-12-22-20(25)17-9-3-4-10-18(17)23-19(24)11-6-13-26-16-8-5-7-15(21)14-16/h1,3-5,7-10,14H,6,11-13H2,(H,22,25)(H,23,24). The Morgan fingerprint density at radius 1 is 1.15 bits per heavy atom. The summed E-state index contributed by atoms with van der Waals surface area (Å²) in [5.74, 6) is 1.77. The van der Waals surface area contributed by atoms with Crippen LogP contribution in [0.5, 0.6) is 5.75 Å². The van der Waals surface area contributed by atoms with E-state index >= 15 is 0 Å². The van der Waals surface area contributed by atoms with Crippen LogP contribution in [-0.4, -0.2) is 25.0 Å². The number of para-hydroxylation sites is 1. The van der Waals surface area contributed by atoms with Crippen molar-refractivity contribution in [1.82, 2.24) is 5.32 Å². The molecule has 2 aromatic carbocycles. The van der Waals surface area contributed by atoms with Gasteiger partial charge in [-0.15, -0.1) is 6.42 Å². The Morgan fingerprint density at radius 2 is 1.96 bits per heavy atom. The van der Waals surface area contributed by atoms with E-state index in [2.05, 4.69) is 16.6 Å². The summed E-state index contributed by atoms with van der Waals surface area (Å²) >= 11 is 0. The van der Waals surface area contributed by atoms with Crippen molar-refractivity contribution in [3.05, 3.63) is 59.9 Å². The average Bonchev–Trinajstić information content (AvgIpc) is 2.64. The van der Waals surface area contributed by atoms with Crippen LogP contribution in [0, 0.1) is 18.2 Å². The number of rotatable bonds is 8. The molecule has 0 bridgehead atoms. The molecule has 2 rings (SSSR count). The molecule has 2 aromatic rings. The number of amides is 2. The van der Waals surface area contributed by atoms with E-state index in [0.717, 1.165) is 0 Å². The lowest BCUT2D eigenvalue weighted by atomic mass is 10.1. The number of carbonyl (C=O) groups is 2. The minimum atomic E-state index is -0.375. The van der Waals surface area contributed by atoms with Crippen LogP contribution in [0.15, 0.2) is 48.5 Å². The number of ether oxygens (including phenoxy) is 1. The third kappa shape index (κ3) is 5.95. The summed E-state index contributed by atoms with van der Waals surface area (Å²) in [5.41, 5.74) is 0.755. The van der Waals surface area contributed by atoms with Crippen molar-refractivity contribution in [2.75, 3.05) is 18.5 Å². The second kappa shape index (κ2) is 9.84. The SMILES string of the molecule is C#CCNC(=O)c1ccccc1NC(=O)CCCOc1cccc(F)c1. The number of hydrogen-bond acceptors (Lipinski definition) is 3. The van der Waals surface area contributed by atoms with Crippen LogP contribution in [0.1, 0.15) is 23.2 Å². The molecule has 0 spiro atoms. The van der Waals surface area contributed by atoms with E-state index in [1.54, 1.807) is 36.4 Å². The maximum Gasteiger partial charge on any atom is 0.254 e. The molecule has 0 saturated heterocycles. The molecule has 2 amide bonds. The van der Waals surface area contributed by atoms with Gasteiger partial charge in [-0.3, -0.25) is 9.59 Å². The van der Waals surface area contributed by atoms with Gasteiger partial charge in [0.25, 0.3) is 5.91 Å². The molecule has 5 nitrogen and oxygen atoms in total. The number of benzene rings is 2. The summed E-state index contributed by atoms with van der Waals surface area (Å²) in [7, 11) is 0. The highest BCUT2D eigenvalue weighted by molar-refractivity contribution is 6.03. The third-order valence-electron chi connectivity index (χ3n) is 3.41. The normalized spacial score (nSPS) is 9.85. The number of carbonyl (C=O) groups excluding carboxylic acids is 2. The molecule has 134 valence electrons. The van der Waals surface area contributed by atoms with Gasteiger partial charge in [-0.05, 0) is 30.7 Å². The van der Waals surface area contributed by atoms with Gasteiger partial charge in [0.2, 0.25) is 5.91 Å². The first-order valence-electron chi connectivity index (χ1n) is 8.09. The summed E-state index contributed by atoms with van der Waals surface area (Å²) in [5, 5.41) is 5.27. The lowest BCUT2D eigenvalue weighted by Crippen LogP contribution is -2.25. The molecule has 0 aromatic heterocycles. The lowest BCUT2D eigenvalue weighted by molar-refractivity contribution is -0.116. The monoisotopic (exact) mass is 354 g/mol. The molecule has 0 aliphatic heterocycles. The number of halogens is 1. The number of nitrogens with one attached hydrogen (secondary N) is 2. The van der Waals surface area contributed by atoms with Crippen molar-refractivity contribution in [1.29, 1.82) is 0 Å². The first-order valence-corrected chi connectivity index (χ1v) is 8.09. The molecule has 0 saturated carbocycles. The van der Waals surface area contributed by atoms with E-state index in [0.29, 0.717) is 23.4 Å². The van der Waals surface area contributed by atoms with Gasteiger partial charge in [0.15, 0.2) is 0 Å². The molecule has 26 heavy (non-hydrogen) atoms. The molecule has 2 N–H and O–H groups in total. The zero-order valence-corrected chi connectivity index (χ0v) is 14.1. The van der Waals surface area contributed by atoms with Crippen LogP contribution in [0.25, 0.3) is 0 Å². The molecular formula is C20H19FN2O3. The predicted molar refractivity (Wildman–Crippen MR) is 97.4 cm³/mol. The van der Waals surface area contributed by atoms with Crippen molar-refractivity contribution in [3.8, 4) is 18.1 Å². The highest BCUT2D eigenvalue weighted by Crippen LogP contribution is 2.16. The first kappa shape index (κ1) is 19.0. The Kier molecular flexibility index (Phi) is 7.19. The van der Waals surface area contributed by atoms with Crippen LogP contribution < -0.4 is 15.4 Å². The van der Waals surface area contributed by atoms with Crippen molar-refractivity contribution in [3.63, 3.8) is 0 Å². The Bertz CT molecular complexity index is 815. The highest BCUT2D eigenvalue weighted by atomic mass is 19.1. The van der Waals surface area contributed by atoms with E-state index < -0.39 is 0 Å². The number of anilines is 1.